The van der Waals surface area contributed by atoms with Crippen LogP contribution in [-0.4, -0.2) is 11.5 Å². The average molecular weight is 304 g/mol. The average Bonchev–Trinajstić information content (AvgIpc) is 2.47. The summed E-state index contributed by atoms with van der Waals surface area (Å²) < 4.78 is 0. The van der Waals surface area contributed by atoms with Crippen molar-refractivity contribution in [3.63, 3.8) is 0 Å². The van der Waals surface area contributed by atoms with Gasteiger partial charge in [0.05, 0.1) is 4.92 Å². The van der Waals surface area contributed by atoms with E-state index >= 15 is 0 Å². The molecule has 2 aromatic carbocycles. The van der Waals surface area contributed by atoms with E-state index < -0.39 is 4.92 Å². The predicted molar refractivity (Wildman–Crippen MR) is 83.2 cm³/mol. The fraction of sp³-hybridized carbons (Fsp3) is 0.200. The molecule has 5 nitrogen and oxygen atoms in total. The largest absolute Gasteiger partial charge is 0.350 e. The van der Waals surface area contributed by atoms with Crippen LogP contribution in [0.3, 0.4) is 0 Å². The van der Waals surface area contributed by atoms with Crippen molar-refractivity contribution < 1.29 is 4.92 Å². The first-order chi connectivity index (χ1) is 10.1. The van der Waals surface area contributed by atoms with Crippen LogP contribution >= 0.6 is 11.6 Å². The van der Waals surface area contributed by atoms with Crippen molar-refractivity contribution in [2.75, 3.05) is 11.9 Å². The van der Waals surface area contributed by atoms with Gasteiger partial charge in [0, 0.05) is 23.3 Å². The molecule has 1 aliphatic heterocycles. The summed E-state index contributed by atoms with van der Waals surface area (Å²) >= 11 is 5.96. The third kappa shape index (κ3) is 2.84. The minimum atomic E-state index is -0.407. The third-order valence-corrected chi connectivity index (χ3v) is 3.80. The number of fused-ring (bicyclic) bond motifs is 1. The standard InChI is InChI=1S/C15H14ClN3O2/c16-11-4-5-15(19(20)21)14(8-11)18-13-3-1-2-10-9-17-7-6-12(10)13/h1-5,8,17-18H,6-7,9H2. The van der Waals surface area contributed by atoms with Crippen molar-refractivity contribution in [1.82, 2.24) is 5.32 Å². The number of hydrogen-bond donors (Lipinski definition) is 2. The summed E-state index contributed by atoms with van der Waals surface area (Å²) in [4.78, 5) is 10.7. The highest BCUT2D eigenvalue weighted by Crippen LogP contribution is 2.33. The van der Waals surface area contributed by atoms with E-state index in [2.05, 4.69) is 16.7 Å². The first-order valence-corrected chi connectivity index (χ1v) is 7.05. The van der Waals surface area contributed by atoms with E-state index in [1.165, 1.54) is 23.3 Å². The van der Waals surface area contributed by atoms with Crippen LogP contribution in [0.25, 0.3) is 0 Å². The van der Waals surface area contributed by atoms with E-state index in [0.29, 0.717) is 10.7 Å². The molecule has 1 aliphatic rings. The second kappa shape index (κ2) is 5.71. The molecule has 0 aromatic heterocycles. The molecule has 0 amide bonds. The van der Waals surface area contributed by atoms with Gasteiger partial charge >= 0.3 is 0 Å². The zero-order chi connectivity index (χ0) is 14.8. The van der Waals surface area contributed by atoms with Crippen LogP contribution in [0.4, 0.5) is 17.1 Å². The van der Waals surface area contributed by atoms with Gasteiger partial charge in [-0.25, -0.2) is 0 Å². The lowest BCUT2D eigenvalue weighted by Gasteiger charge is -2.21. The lowest BCUT2D eigenvalue weighted by atomic mass is 9.99. The van der Waals surface area contributed by atoms with Gasteiger partial charge < -0.3 is 10.6 Å². The van der Waals surface area contributed by atoms with Crippen LogP contribution in [0.5, 0.6) is 0 Å². The number of hydrogen-bond acceptors (Lipinski definition) is 4. The number of nitro benzene ring substituents is 1. The maximum atomic E-state index is 11.1. The molecule has 0 spiro atoms. The molecule has 0 atom stereocenters. The Morgan fingerprint density at radius 2 is 2.10 bits per heavy atom. The number of benzene rings is 2. The Bertz CT molecular complexity index is 703. The predicted octanol–water partition coefficient (Wildman–Crippen LogP) is 3.64. The molecule has 3 rings (SSSR count). The van der Waals surface area contributed by atoms with Gasteiger partial charge in [-0.05, 0) is 42.3 Å². The highest BCUT2D eigenvalue weighted by Gasteiger charge is 2.17. The van der Waals surface area contributed by atoms with E-state index in [0.717, 1.165) is 25.2 Å². The van der Waals surface area contributed by atoms with Crippen LogP contribution in [0.1, 0.15) is 11.1 Å². The Balaban J connectivity index is 2.01. The third-order valence-electron chi connectivity index (χ3n) is 3.56. The molecule has 108 valence electrons. The summed E-state index contributed by atoms with van der Waals surface area (Å²) in [6, 6.07) is 10.5. The molecule has 1 heterocycles. The molecule has 0 saturated carbocycles. The van der Waals surface area contributed by atoms with E-state index in [-0.39, 0.29) is 5.69 Å². The fourth-order valence-electron chi connectivity index (χ4n) is 2.56. The Hall–Kier alpha value is -2.11. The molecule has 0 radical (unpaired) electrons. The number of rotatable bonds is 3. The summed E-state index contributed by atoms with van der Waals surface area (Å²) in [5, 5.41) is 18.1. The molecule has 0 unspecified atom stereocenters. The molecule has 2 N–H and O–H groups in total. The van der Waals surface area contributed by atoms with Crippen molar-refractivity contribution in [3.8, 4) is 0 Å². The molecule has 0 saturated heterocycles. The summed E-state index contributed by atoms with van der Waals surface area (Å²) in [5.74, 6) is 0. The van der Waals surface area contributed by atoms with E-state index in [1.807, 2.05) is 12.1 Å². The quantitative estimate of drug-likeness (QED) is 0.671. The molecule has 0 bridgehead atoms. The summed E-state index contributed by atoms with van der Waals surface area (Å²) in [6.07, 6.45) is 0.896. The molecule has 6 heteroatoms. The van der Waals surface area contributed by atoms with Gasteiger partial charge in [-0.2, -0.15) is 0 Å². The van der Waals surface area contributed by atoms with Gasteiger partial charge in [0.1, 0.15) is 5.69 Å². The topological polar surface area (TPSA) is 67.2 Å². The first-order valence-electron chi connectivity index (χ1n) is 6.67. The van der Waals surface area contributed by atoms with Crippen LogP contribution in [0, 0.1) is 10.1 Å². The van der Waals surface area contributed by atoms with Gasteiger partial charge in [0.2, 0.25) is 0 Å². The Labute approximate surface area is 127 Å². The molecular formula is C15H14ClN3O2. The Morgan fingerprint density at radius 1 is 1.24 bits per heavy atom. The van der Waals surface area contributed by atoms with Gasteiger partial charge in [-0.1, -0.05) is 23.7 Å². The zero-order valence-electron chi connectivity index (χ0n) is 11.2. The summed E-state index contributed by atoms with van der Waals surface area (Å²) in [5.41, 5.74) is 3.76. The van der Waals surface area contributed by atoms with Crippen LogP contribution in [0.2, 0.25) is 5.02 Å². The first kappa shape index (κ1) is 13.9. The monoisotopic (exact) mass is 303 g/mol. The van der Waals surface area contributed by atoms with Crippen LogP contribution in [0.15, 0.2) is 36.4 Å². The molecule has 21 heavy (non-hydrogen) atoms. The van der Waals surface area contributed by atoms with Gasteiger partial charge in [-0.3, -0.25) is 10.1 Å². The van der Waals surface area contributed by atoms with E-state index in [9.17, 15) is 10.1 Å². The second-order valence-corrected chi connectivity index (χ2v) is 5.35. The number of anilines is 2. The number of nitro groups is 1. The second-order valence-electron chi connectivity index (χ2n) is 4.91. The minimum Gasteiger partial charge on any atom is -0.350 e. The zero-order valence-corrected chi connectivity index (χ0v) is 12.0. The maximum Gasteiger partial charge on any atom is 0.292 e. The molecule has 0 aliphatic carbocycles. The summed E-state index contributed by atoms with van der Waals surface area (Å²) in [7, 11) is 0. The lowest BCUT2D eigenvalue weighted by molar-refractivity contribution is -0.383. The number of nitrogens with zero attached hydrogens (tertiary/aromatic N) is 1. The normalized spacial score (nSPS) is 13.6. The number of nitrogens with one attached hydrogen (secondary N) is 2. The number of halogens is 1. The van der Waals surface area contributed by atoms with Crippen LogP contribution < -0.4 is 10.6 Å². The minimum absolute atomic E-state index is 0.0194. The van der Waals surface area contributed by atoms with Crippen molar-refractivity contribution in [2.45, 2.75) is 13.0 Å². The highest BCUT2D eigenvalue weighted by atomic mass is 35.5. The molecular weight excluding hydrogens is 290 g/mol. The van der Waals surface area contributed by atoms with Crippen molar-refractivity contribution >= 4 is 28.7 Å². The highest BCUT2D eigenvalue weighted by molar-refractivity contribution is 6.31. The van der Waals surface area contributed by atoms with Crippen LogP contribution in [-0.2, 0) is 13.0 Å². The lowest BCUT2D eigenvalue weighted by Crippen LogP contribution is -2.24. The van der Waals surface area contributed by atoms with Crippen molar-refractivity contribution in [1.29, 1.82) is 0 Å². The van der Waals surface area contributed by atoms with Gasteiger partial charge in [0.25, 0.3) is 5.69 Å². The van der Waals surface area contributed by atoms with Crippen molar-refractivity contribution in [3.05, 3.63) is 62.7 Å². The van der Waals surface area contributed by atoms with Gasteiger partial charge in [0.15, 0.2) is 0 Å². The van der Waals surface area contributed by atoms with E-state index in [4.69, 9.17) is 11.6 Å². The maximum absolute atomic E-state index is 11.1. The fourth-order valence-corrected chi connectivity index (χ4v) is 2.73. The SMILES string of the molecule is O=[N+]([O-])c1ccc(Cl)cc1Nc1cccc2c1CCNC2. The van der Waals surface area contributed by atoms with E-state index in [1.54, 1.807) is 6.07 Å². The smallest absolute Gasteiger partial charge is 0.292 e. The molecule has 0 fully saturated rings. The summed E-state index contributed by atoms with van der Waals surface area (Å²) in [6.45, 7) is 1.73. The van der Waals surface area contributed by atoms with Gasteiger partial charge in [-0.15, -0.1) is 0 Å². The van der Waals surface area contributed by atoms with Crippen molar-refractivity contribution in [2.24, 2.45) is 0 Å². The Kier molecular flexibility index (Phi) is 3.77. The molecule has 2 aromatic rings. The Morgan fingerprint density at radius 3 is 2.90 bits per heavy atom.